The van der Waals surface area contributed by atoms with Crippen molar-refractivity contribution in [3.63, 3.8) is 0 Å². The Hall–Kier alpha value is -3.87. The van der Waals surface area contributed by atoms with E-state index in [2.05, 4.69) is 10.3 Å². The largest absolute Gasteiger partial charge is 0.445 e. The molecule has 0 aliphatic carbocycles. The number of nitrogens with one attached hydrogen (secondary N) is 2. The Morgan fingerprint density at radius 1 is 1.06 bits per heavy atom. The number of hydrogen-bond acceptors (Lipinski definition) is 4. The Morgan fingerprint density at radius 3 is 2.53 bits per heavy atom. The lowest BCUT2D eigenvalue weighted by molar-refractivity contribution is -0.135. The number of hydrogen-bond donors (Lipinski definition) is 2. The average molecular weight is 431 g/mol. The van der Waals surface area contributed by atoms with Crippen LogP contribution < -0.4 is 10.9 Å². The van der Waals surface area contributed by atoms with Crippen LogP contribution in [0.2, 0.25) is 0 Å². The molecular weight excluding hydrogens is 406 g/mol. The maximum Gasteiger partial charge on any atom is 0.410 e. The zero-order chi connectivity index (χ0) is 22.7. The predicted octanol–water partition coefficient (Wildman–Crippen LogP) is 4.03. The molecule has 1 saturated heterocycles. The number of aromatic amines is 1. The quantitative estimate of drug-likeness (QED) is 0.638. The molecule has 2 aromatic carbocycles. The van der Waals surface area contributed by atoms with Gasteiger partial charge in [-0.05, 0) is 34.9 Å². The Kier molecular flexibility index (Phi) is 5.81. The zero-order valence-corrected chi connectivity index (χ0v) is 18.0. The van der Waals surface area contributed by atoms with Gasteiger partial charge in [0.2, 0.25) is 11.5 Å². The fourth-order valence-corrected chi connectivity index (χ4v) is 3.97. The molecule has 32 heavy (non-hydrogen) atoms. The number of carbonyl (C=O) groups is 2. The molecule has 3 aromatic rings. The van der Waals surface area contributed by atoms with Crippen molar-refractivity contribution in [3.05, 3.63) is 88.8 Å². The normalized spacial score (nSPS) is 16.7. The van der Waals surface area contributed by atoms with Crippen LogP contribution in [0, 0.1) is 5.41 Å². The van der Waals surface area contributed by atoms with Crippen LogP contribution in [0.3, 0.4) is 0 Å². The van der Waals surface area contributed by atoms with Crippen molar-refractivity contribution in [1.29, 1.82) is 0 Å². The summed E-state index contributed by atoms with van der Waals surface area (Å²) < 4.78 is 5.42. The number of pyridine rings is 1. The van der Waals surface area contributed by atoms with Crippen LogP contribution in [-0.2, 0) is 16.1 Å². The van der Waals surface area contributed by atoms with Crippen LogP contribution in [-0.4, -0.2) is 34.5 Å². The van der Waals surface area contributed by atoms with Gasteiger partial charge in [-0.3, -0.25) is 14.5 Å². The molecule has 0 saturated carbocycles. The molecule has 0 bridgehead atoms. The number of likely N-dealkylation sites (tertiary alicyclic amines) is 1. The molecule has 2 amide bonds. The average Bonchev–Trinajstić information content (AvgIpc) is 2.77. The van der Waals surface area contributed by atoms with Crippen molar-refractivity contribution in [2.45, 2.75) is 26.5 Å². The van der Waals surface area contributed by atoms with Gasteiger partial charge in [-0.25, -0.2) is 4.79 Å². The third kappa shape index (κ3) is 4.56. The second kappa shape index (κ2) is 8.70. The van der Waals surface area contributed by atoms with Crippen molar-refractivity contribution in [1.82, 2.24) is 9.88 Å². The van der Waals surface area contributed by atoms with E-state index >= 15 is 0 Å². The van der Waals surface area contributed by atoms with Crippen LogP contribution >= 0.6 is 0 Å². The molecule has 1 aliphatic heterocycles. The van der Waals surface area contributed by atoms with Gasteiger partial charge in [0.1, 0.15) is 12.6 Å². The maximum absolute atomic E-state index is 13.1. The molecule has 1 unspecified atom stereocenters. The minimum absolute atomic E-state index is 0.159. The van der Waals surface area contributed by atoms with E-state index in [0.29, 0.717) is 12.2 Å². The first-order valence-electron chi connectivity index (χ1n) is 10.4. The van der Waals surface area contributed by atoms with Crippen LogP contribution in [0.1, 0.15) is 19.4 Å². The predicted molar refractivity (Wildman–Crippen MR) is 122 cm³/mol. The summed E-state index contributed by atoms with van der Waals surface area (Å²) in [5, 5.41) is 2.92. The first-order chi connectivity index (χ1) is 15.3. The summed E-state index contributed by atoms with van der Waals surface area (Å²) in [6.07, 6.45) is 1.12. The highest BCUT2D eigenvalue weighted by molar-refractivity contribution is 5.98. The van der Waals surface area contributed by atoms with Gasteiger partial charge < -0.3 is 15.0 Å². The number of rotatable bonds is 5. The molecule has 1 atom stereocenters. The van der Waals surface area contributed by atoms with Crippen molar-refractivity contribution in [3.8, 4) is 11.1 Å². The molecule has 0 radical (unpaired) electrons. The topological polar surface area (TPSA) is 91.5 Å². The third-order valence-corrected chi connectivity index (χ3v) is 5.57. The van der Waals surface area contributed by atoms with E-state index in [-0.39, 0.29) is 23.5 Å². The second-order valence-electron chi connectivity index (χ2n) is 8.57. The van der Waals surface area contributed by atoms with Gasteiger partial charge in [-0.2, -0.15) is 0 Å². The Balaban J connectivity index is 1.44. The first-order valence-corrected chi connectivity index (χ1v) is 10.4. The second-order valence-corrected chi connectivity index (χ2v) is 8.57. The lowest BCUT2D eigenvalue weighted by Gasteiger charge is -2.51. The van der Waals surface area contributed by atoms with Gasteiger partial charge in [-0.1, -0.05) is 56.3 Å². The fraction of sp³-hybridized carbons (Fsp3) is 0.240. The van der Waals surface area contributed by atoms with E-state index in [1.165, 1.54) is 11.0 Å². The van der Waals surface area contributed by atoms with Gasteiger partial charge in [0.25, 0.3) is 0 Å². The lowest BCUT2D eigenvalue weighted by Crippen LogP contribution is -2.68. The molecule has 1 fully saturated rings. The molecule has 4 rings (SSSR count). The van der Waals surface area contributed by atoms with Crippen molar-refractivity contribution < 1.29 is 14.3 Å². The van der Waals surface area contributed by atoms with Crippen LogP contribution in [0.4, 0.5) is 10.5 Å². The fourth-order valence-electron chi connectivity index (χ4n) is 3.97. The monoisotopic (exact) mass is 431 g/mol. The minimum atomic E-state index is -0.637. The summed E-state index contributed by atoms with van der Waals surface area (Å²) in [5.74, 6) is -0.267. The summed E-state index contributed by atoms with van der Waals surface area (Å²) in [5.41, 5.74) is 2.64. The van der Waals surface area contributed by atoms with Crippen molar-refractivity contribution in [2.24, 2.45) is 5.41 Å². The van der Waals surface area contributed by atoms with Crippen LogP contribution in [0.15, 0.2) is 77.7 Å². The van der Waals surface area contributed by atoms with Gasteiger partial charge in [0, 0.05) is 29.9 Å². The van der Waals surface area contributed by atoms with Gasteiger partial charge in [0.15, 0.2) is 0 Å². The van der Waals surface area contributed by atoms with E-state index in [4.69, 9.17) is 4.74 Å². The van der Waals surface area contributed by atoms with Gasteiger partial charge in [0.05, 0.1) is 0 Å². The summed E-state index contributed by atoms with van der Waals surface area (Å²) in [6, 6.07) is 19.3. The number of nitrogens with zero attached hydrogens (tertiary/aromatic N) is 1. The highest BCUT2D eigenvalue weighted by Crippen LogP contribution is 2.38. The van der Waals surface area contributed by atoms with E-state index < -0.39 is 12.1 Å². The van der Waals surface area contributed by atoms with Gasteiger partial charge in [-0.15, -0.1) is 0 Å². The van der Waals surface area contributed by atoms with Crippen LogP contribution in [0.5, 0.6) is 0 Å². The molecule has 2 N–H and O–H groups in total. The lowest BCUT2D eigenvalue weighted by atomic mass is 9.74. The highest BCUT2D eigenvalue weighted by Gasteiger charge is 2.53. The number of H-pyrrole nitrogens is 1. The highest BCUT2D eigenvalue weighted by atomic mass is 16.6. The maximum atomic E-state index is 13.1. The molecule has 7 heteroatoms. The molecule has 1 aliphatic rings. The third-order valence-electron chi connectivity index (χ3n) is 5.57. The number of ether oxygens (including phenoxy) is 1. The Bertz CT molecular complexity index is 1170. The number of anilines is 1. The summed E-state index contributed by atoms with van der Waals surface area (Å²) in [6.45, 7) is 4.51. The number of carbonyl (C=O) groups excluding carboxylic acids is 2. The van der Waals surface area contributed by atoms with E-state index in [1.807, 2.05) is 62.4 Å². The van der Waals surface area contributed by atoms with Crippen molar-refractivity contribution >= 4 is 17.7 Å². The standard InChI is InChI=1S/C25H25N3O4/c1-25(2)16-28(24(31)32-15-17-7-4-3-5-8-17)22(25)23(30)27-20-10-6-9-18(13-20)19-11-12-21(29)26-14-19/h3-14,22H,15-16H2,1-2H3,(H,26,29)(H,27,30). The van der Waals surface area contributed by atoms with E-state index in [1.54, 1.807) is 18.3 Å². The summed E-state index contributed by atoms with van der Waals surface area (Å²) in [7, 11) is 0. The smallest absolute Gasteiger partial charge is 0.410 e. The first kappa shape index (κ1) is 21.4. The number of amides is 2. The SMILES string of the molecule is CC1(C)CN(C(=O)OCc2ccccc2)C1C(=O)Nc1cccc(-c2ccc(=O)[nH]c2)c1. The molecular formula is C25H25N3O4. The number of aromatic nitrogens is 1. The summed E-state index contributed by atoms with van der Waals surface area (Å²) in [4.78, 5) is 41.1. The zero-order valence-electron chi connectivity index (χ0n) is 18.0. The molecule has 164 valence electrons. The van der Waals surface area contributed by atoms with Crippen molar-refractivity contribution in [2.75, 3.05) is 11.9 Å². The Morgan fingerprint density at radius 2 is 1.84 bits per heavy atom. The minimum Gasteiger partial charge on any atom is -0.445 e. The van der Waals surface area contributed by atoms with E-state index in [0.717, 1.165) is 16.7 Å². The van der Waals surface area contributed by atoms with E-state index in [9.17, 15) is 14.4 Å². The molecule has 1 aromatic heterocycles. The summed E-state index contributed by atoms with van der Waals surface area (Å²) >= 11 is 0. The molecule has 7 nitrogen and oxygen atoms in total. The van der Waals surface area contributed by atoms with Gasteiger partial charge >= 0.3 is 6.09 Å². The Labute approximate surface area is 186 Å². The van der Waals surface area contributed by atoms with Crippen LogP contribution in [0.25, 0.3) is 11.1 Å². The number of benzene rings is 2. The molecule has 0 spiro atoms. The molecule has 2 heterocycles.